The molecule has 0 spiro atoms. The number of ether oxygens (including phenoxy) is 2. The lowest BCUT2D eigenvalue weighted by Gasteiger charge is -2.69. The first-order valence-corrected chi connectivity index (χ1v) is 20.5. The summed E-state index contributed by atoms with van der Waals surface area (Å²) in [7, 11) is 3.64. The quantitative estimate of drug-likeness (QED) is 0.164. The molecule has 0 aromatic heterocycles. The minimum absolute atomic E-state index is 0.124. The fraction of sp³-hybridized carbons (Fsp3) is 0.936. The second-order valence-electron chi connectivity index (χ2n) is 25.2. The standard InChI is InChI=1S/C47H90N2O5/c1-34(2,3)42(22,23)53-33(52)45(26)44(25,54-45)32(51)49(30)43(24,40(18,19)47(28,37(10,11)12)38(13,14)15)31(50)48(29)41(20,21)39(16,17)46(27,35(4,5)6)36(7,8)9/h1-30H3/t43?,44-,45-/m1/s1. The van der Waals surface area contributed by atoms with Crippen LogP contribution in [0, 0.1) is 48.7 Å². The maximum Gasteiger partial charge on any atom is 0.342 e. The number of likely N-dealkylation sites (N-methyl/N-ethyl adjacent to an activating group) is 2. The molecule has 0 N–H and O–H groups in total. The highest BCUT2D eigenvalue weighted by Crippen LogP contribution is 2.68. The average molecular weight is 763 g/mol. The minimum atomic E-state index is -1.55. The van der Waals surface area contributed by atoms with Gasteiger partial charge in [0.2, 0.25) is 11.5 Å². The number of nitrogens with zero attached hydrogens (tertiary/aromatic N) is 2. The van der Waals surface area contributed by atoms with Crippen molar-refractivity contribution in [2.45, 2.75) is 222 Å². The molecular formula is C47H90N2O5. The highest BCUT2D eigenvalue weighted by Gasteiger charge is 2.78. The van der Waals surface area contributed by atoms with Gasteiger partial charge in [-0.3, -0.25) is 9.59 Å². The van der Waals surface area contributed by atoms with Gasteiger partial charge in [0.25, 0.3) is 5.91 Å². The molecule has 1 aliphatic heterocycles. The molecule has 1 fully saturated rings. The lowest BCUT2D eigenvalue weighted by atomic mass is 9.40. The van der Waals surface area contributed by atoms with Crippen LogP contribution >= 0.6 is 0 Å². The number of rotatable bonds is 10. The second kappa shape index (κ2) is 13.2. The second-order valence-corrected chi connectivity index (χ2v) is 25.2. The predicted molar refractivity (Wildman–Crippen MR) is 227 cm³/mol. The van der Waals surface area contributed by atoms with Crippen LogP contribution in [0.3, 0.4) is 0 Å². The first kappa shape index (κ1) is 50.4. The molecule has 1 rings (SSSR count). The van der Waals surface area contributed by atoms with E-state index in [-0.39, 0.29) is 38.4 Å². The van der Waals surface area contributed by atoms with Crippen molar-refractivity contribution in [2.24, 2.45) is 48.7 Å². The number of carbonyl (C=O) groups is 3. The summed E-state index contributed by atoms with van der Waals surface area (Å²) >= 11 is 0. The number of epoxide rings is 1. The van der Waals surface area contributed by atoms with Crippen molar-refractivity contribution in [1.82, 2.24) is 9.80 Å². The van der Waals surface area contributed by atoms with E-state index < -0.39 is 56.0 Å². The third kappa shape index (κ3) is 6.70. The van der Waals surface area contributed by atoms with Crippen LogP contribution in [-0.2, 0) is 23.9 Å². The Hall–Kier alpha value is -1.63. The lowest BCUT2D eigenvalue weighted by Crippen LogP contribution is -2.75. The van der Waals surface area contributed by atoms with Crippen LogP contribution in [0.15, 0.2) is 0 Å². The highest BCUT2D eigenvalue weighted by atomic mass is 16.7. The molecule has 318 valence electrons. The monoisotopic (exact) mass is 763 g/mol. The van der Waals surface area contributed by atoms with Crippen molar-refractivity contribution in [3.8, 4) is 0 Å². The summed E-state index contributed by atoms with van der Waals surface area (Å²) in [6.07, 6.45) is 0. The fourth-order valence-electron chi connectivity index (χ4n) is 10.8. The van der Waals surface area contributed by atoms with Crippen LogP contribution in [0.2, 0.25) is 0 Å². The summed E-state index contributed by atoms with van der Waals surface area (Å²) in [4.78, 5) is 48.9. The molecule has 54 heavy (non-hydrogen) atoms. The highest BCUT2D eigenvalue weighted by molar-refractivity contribution is 6.02. The maximum atomic E-state index is 16.1. The molecule has 1 unspecified atom stereocenters. The number of amides is 2. The third-order valence-electron chi connectivity index (χ3n) is 18.0. The largest absolute Gasteiger partial charge is 0.457 e. The summed E-state index contributed by atoms with van der Waals surface area (Å²) in [5, 5.41) is 0. The molecule has 0 saturated carbocycles. The smallest absolute Gasteiger partial charge is 0.342 e. The van der Waals surface area contributed by atoms with E-state index in [0.29, 0.717) is 0 Å². The zero-order valence-corrected chi connectivity index (χ0v) is 41.4. The van der Waals surface area contributed by atoms with Crippen molar-refractivity contribution < 1.29 is 23.9 Å². The van der Waals surface area contributed by atoms with Gasteiger partial charge < -0.3 is 19.3 Å². The van der Waals surface area contributed by atoms with Gasteiger partial charge in [0, 0.05) is 30.5 Å². The molecule has 0 bridgehead atoms. The first-order chi connectivity index (χ1) is 23.0. The Kier molecular flexibility index (Phi) is 12.3. The number of hydrogen-bond donors (Lipinski definition) is 0. The van der Waals surface area contributed by atoms with Gasteiger partial charge in [-0.1, -0.05) is 145 Å². The van der Waals surface area contributed by atoms with Crippen LogP contribution in [0.4, 0.5) is 0 Å². The first-order valence-electron chi connectivity index (χ1n) is 20.5. The van der Waals surface area contributed by atoms with Crippen molar-refractivity contribution in [2.75, 3.05) is 14.1 Å². The van der Waals surface area contributed by atoms with Gasteiger partial charge in [-0.15, -0.1) is 0 Å². The van der Waals surface area contributed by atoms with Crippen LogP contribution in [0.25, 0.3) is 0 Å². The molecular weight excluding hydrogens is 673 g/mol. The van der Waals surface area contributed by atoms with Gasteiger partial charge in [0.15, 0.2) is 5.60 Å². The van der Waals surface area contributed by atoms with Crippen molar-refractivity contribution in [3.63, 3.8) is 0 Å². The van der Waals surface area contributed by atoms with E-state index in [1.807, 2.05) is 53.5 Å². The van der Waals surface area contributed by atoms with Crippen LogP contribution in [0.1, 0.15) is 194 Å². The molecule has 1 aliphatic rings. The average Bonchev–Trinajstić information content (AvgIpc) is 3.53. The third-order valence-corrected chi connectivity index (χ3v) is 18.0. The maximum absolute atomic E-state index is 16.1. The summed E-state index contributed by atoms with van der Waals surface area (Å²) in [6.45, 7) is 60.2. The SMILES string of the molecule is CN(C(=O)C(C)(N(C)C(=O)[C@@]1(C)O[C@]1(C)C(=O)OC(C)(C)C(C)(C)C)C(C)(C)C(C)(C(C)(C)C)C(C)(C)C)C(C)(C)C(C)(C)C(C)(C(C)(C)C)C(C)(C)C. The Morgan fingerprint density at radius 1 is 0.463 bits per heavy atom. The zero-order valence-electron chi connectivity index (χ0n) is 41.4. The molecule has 3 atom stereocenters. The molecule has 1 heterocycles. The Labute approximate surface area is 335 Å². The van der Waals surface area contributed by atoms with Gasteiger partial charge in [-0.05, 0) is 86.4 Å². The van der Waals surface area contributed by atoms with Crippen LogP contribution in [-0.4, -0.2) is 69.6 Å². The predicted octanol–water partition coefficient (Wildman–Crippen LogP) is 11.6. The summed E-state index contributed by atoms with van der Waals surface area (Å²) in [5.41, 5.74) is -9.29. The van der Waals surface area contributed by atoms with E-state index in [2.05, 4.69) is 138 Å². The number of esters is 1. The molecule has 1 saturated heterocycles. The summed E-state index contributed by atoms with van der Waals surface area (Å²) in [6, 6.07) is 0. The summed E-state index contributed by atoms with van der Waals surface area (Å²) < 4.78 is 12.3. The molecule has 0 radical (unpaired) electrons. The lowest BCUT2D eigenvalue weighted by molar-refractivity contribution is -0.209. The van der Waals surface area contributed by atoms with Crippen molar-refractivity contribution in [1.29, 1.82) is 0 Å². The topological polar surface area (TPSA) is 79.5 Å². The number of carbonyl (C=O) groups excluding carboxylic acids is 3. The van der Waals surface area contributed by atoms with E-state index in [1.54, 1.807) is 25.8 Å². The van der Waals surface area contributed by atoms with Crippen molar-refractivity contribution >= 4 is 17.8 Å². The minimum Gasteiger partial charge on any atom is -0.457 e. The van der Waals surface area contributed by atoms with Gasteiger partial charge in [0.1, 0.15) is 11.1 Å². The van der Waals surface area contributed by atoms with Gasteiger partial charge in [-0.2, -0.15) is 0 Å². The molecule has 0 aliphatic carbocycles. The number of hydrogen-bond acceptors (Lipinski definition) is 5. The van der Waals surface area contributed by atoms with E-state index in [0.717, 1.165) is 0 Å². The Morgan fingerprint density at radius 2 is 0.778 bits per heavy atom. The van der Waals surface area contributed by atoms with E-state index in [1.165, 1.54) is 0 Å². The van der Waals surface area contributed by atoms with E-state index in [9.17, 15) is 4.79 Å². The molecule has 7 nitrogen and oxygen atoms in total. The van der Waals surface area contributed by atoms with Crippen LogP contribution < -0.4 is 0 Å². The molecule has 7 heteroatoms. The van der Waals surface area contributed by atoms with Gasteiger partial charge >= 0.3 is 5.97 Å². The normalized spacial score (nSPS) is 22.7. The van der Waals surface area contributed by atoms with Crippen molar-refractivity contribution in [3.05, 3.63) is 0 Å². The zero-order chi connectivity index (χ0) is 44.3. The van der Waals surface area contributed by atoms with Gasteiger partial charge in [-0.25, -0.2) is 4.79 Å². The Morgan fingerprint density at radius 3 is 1.07 bits per heavy atom. The van der Waals surface area contributed by atoms with E-state index >= 15 is 9.59 Å². The molecule has 0 aromatic rings. The summed E-state index contributed by atoms with van der Waals surface area (Å²) in [5.74, 6) is -1.17. The van der Waals surface area contributed by atoms with E-state index in [4.69, 9.17) is 9.47 Å². The molecule has 2 amide bonds. The van der Waals surface area contributed by atoms with Gasteiger partial charge in [0.05, 0.1) is 0 Å². The van der Waals surface area contributed by atoms with Crippen LogP contribution in [0.5, 0.6) is 0 Å². The fourth-order valence-corrected chi connectivity index (χ4v) is 10.8. The molecule has 0 aromatic carbocycles. The Balaban J connectivity index is 4.27. The Bertz CT molecular complexity index is 1420.